The third-order valence-electron chi connectivity index (χ3n) is 4.56. The van der Waals surface area contributed by atoms with Gasteiger partial charge in [0.05, 0.1) is 30.3 Å². The SMILES string of the molecule is CCOc1cccc([C@H]2CC(c3ccccc3NS(C)(=O)=O)=NN2C(=O)CC)c1. The van der Waals surface area contributed by atoms with Gasteiger partial charge < -0.3 is 4.74 Å². The predicted octanol–water partition coefficient (Wildman–Crippen LogP) is 3.54. The van der Waals surface area contributed by atoms with Gasteiger partial charge in [-0.3, -0.25) is 9.52 Å². The van der Waals surface area contributed by atoms with E-state index in [2.05, 4.69) is 9.82 Å². The lowest BCUT2D eigenvalue weighted by atomic mass is 9.97. The largest absolute Gasteiger partial charge is 0.494 e. The lowest BCUT2D eigenvalue weighted by Crippen LogP contribution is -2.26. The summed E-state index contributed by atoms with van der Waals surface area (Å²) in [4.78, 5) is 12.6. The molecule has 0 saturated heterocycles. The van der Waals surface area contributed by atoms with Gasteiger partial charge in [-0.1, -0.05) is 37.3 Å². The molecule has 0 aliphatic carbocycles. The number of carbonyl (C=O) groups is 1. The van der Waals surface area contributed by atoms with Gasteiger partial charge in [-0.25, -0.2) is 13.4 Å². The Kier molecular flexibility index (Phi) is 6.22. The number of ether oxygens (including phenoxy) is 1. The van der Waals surface area contributed by atoms with Gasteiger partial charge in [0.2, 0.25) is 15.9 Å². The number of nitrogens with one attached hydrogen (secondary N) is 1. The normalized spacial score (nSPS) is 16.4. The Bertz CT molecular complexity index is 1030. The standard InChI is InChI=1S/C21H25N3O4S/c1-4-21(25)24-20(15-9-8-10-16(13-15)28-5-2)14-19(22-24)17-11-6-7-12-18(17)23-29(3,26)27/h6-13,20,23H,4-5,14H2,1-3H3/t20-/m1/s1. The first-order valence-corrected chi connectivity index (χ1v) is 11.4. The average molecular weight is 416 g/mol. The van der Waals surface area contributed by atoms with Gasteiger partial charge in [-0.2, -0.15) is 5.10 Å². The van der Waals surface area contributed by atoms with Crippen LogP contribution < -0.4 is 9.46 Å². The van der Waals surface area contributed by atoms with Gasteiger partial charge in [0.15, 0.2) is 0 Å². The van der Waals surface area contributed by atoms with Crippen LogP contribution in [0.2, 0.25) is 0 Å². The first-order chi connectivity index (χ1) is 13.8. The number of benzene rings is 2. The summed E-state index contributed by atoms with van der Waals surface area (Å²) in [6.45, 7) is 4.27. The smallest absolute Gasteiger partial charge is 0.242 e. The molecule has 1 amide bonds. The first kappa shape index (κ1) is 20.9. The minimum atomic E-state index is -3.44. The third kappa shape index (κ3) is 4.95. The Balaban J connectivity index is 1.99. The lowest BCUT2D eigenvalue weighted by molar-refractivity contribution is -0.132. The van der Waals surface area contributed by atoms with Crippen molar-refractivity contribution in [2.45, 2.75) is 32.7 Å². The molecule has 2 aromatic rings. The van der Waals surface area contributed by atoms with Gasteiger partial charge in [0.25, 0.3) is 0 Å². The molecule has 0 spiro atoms. The summed E-state index contributed by atoms with van der Waals surface area (Å²) >= 11 is 0. The second-order valence-corrected chi connectivity index (χ2v) is 8.53. The van der Waals surface area contributed by atoms with Crippen LogP contribution in [0.5, 0.6) is 5.75 Å². The van der Waals surface area contributed by atoms with Gasteiger partial charge in [0.1, 0.15) is 5.75 Å². The highest BCUT2D eigenvalue weighted by Gasteiger charge is 2.33. The number of rotatable bonds is 7. The van der Waals surface area contributed by atoms with E-state index in [1.165, 1.54) is 5.01 Å². The number of anilines is 1. The number of nitrogens with zero attached hydrogens (tertiary/aromatic N) is 2. The maximum atomic E-state index is 12.6. The Morgan fingerprint density at radius 3 is 2.66 bits per heavy atom. The summed E-state index contributed by atoms with van der Waals surface area (Å²) in [7, 11) is -3.44. The molecule has 7 nitrogen and oxygen atoms in total. The number of hydrazone groups is 1. The third-order valence-corrected chi connectivity index (χ3v) is 5.15. The summed E-state index contributed by atoms with van der Waals surface area (Å²) in [5.74, 6) is 0.641. The van der Waals surface area contributed by atoms with Crippen molar-refractivity contribution in [3.05, 3.63) is 59.7 Å². The fourth-order valence-corrected chi connectivity index (χ4v) is 3.90. The summed E-state index contributed by atoms with van der Waals surface area (Å²) in [6, 6.07) is 14.4. The van der Waals surface area contributed by atoms with E-state index in [9.17, 15) is 13.2 Å². The van der Waals surface area contributed by atoms with E-state index in [4.69, 9.17) is 4.74 Å². The Morgan fingerprint density at radius 1 is 1.21 bits per heavy atom. The van der Waals surface area contributed by atoms with E-state index in [1.54, 1.807) is 25.1 Å². The Hall–Kier alpha value is -2.87. The molecule has 0 fully saturated rings. The zero-order valence-electron chi connectivity index (χ0n) is 16.8. The topological polar surface area (TPSA) is 88.1 Å². The number of hydrogen-bond acceptors (Lipinski definition) is 5. The fraction of sp³-hybridized carbons (Fsp3) is 0.333. The van der Waals surface area contributed by atoms with Crippen LogP contribution in [0, 0.1) is 0 Å². The molecule has 2 aromatic carbocycles. The highest BCUT2D eigenvalue weighted by molar-refractivity contribution is 7.92. The van der Waals surface area contributed by atoms with Gasteiger partial charge >= 0.3 is 0 Å². The van der Waals surface area contributed by atoms with E-state index in [-0.39, 0.29) is 11.9 Å². The van der Waals surface area contributed by atoms with Crippen LogP contribution in [-0.4, -0.2) is 37.9 Å². The summed E-state index contributed by atoms with van der Waals surface area (Å²) in [6.07, 6.45) is 1.90. The van der Waals surface area contributed by atoms with Crippen molar-refractivity contribution in [2.24, 2.45) is 5.10 Å². The monoisotopic (exact) mass is 415 g/mol. The Labute approximate surface area is 171 Å². The number of carbonyl (C=O) groups excluding carboxylic acids is 1. The van der Waals surface area contributed by atoms with Crippen LogP contribution in [-0.2, 0) is 14.8 Å². The summed E-state index contributed by atoms with van der Waals surface area (Å²) in [5.41, 5.74) is 2.69. The molecule has 0 saturated carbocycles. The van der Waals surface area contributed by atoms with Crippen LogP contribution in [0.15, 0.2) is 53.6 Å². The lowest BCUT2D eigenvalue weighted by Gasteiger charge is -2.22. The van der Waals surface area contributed by atoms with Gasteiger partial charge in [0, 0.05) is 18.4 Å². The molecule has 1 atom stereocenters. The van der Waals surface area contributed by atoms with Gasteiger partial charge in [-0.15, -0.1) is 0 Å². The van der Waals surface area contributed by atoms with E-state index < -0.39 is 10.0 Å². The highest BCUT2D eigenvalue weighted by atomic mass is 32.2. The zero-order chi connectivity index (χ0) is 21.0. The van der Waals surface area contributed by atoms with E-state index in [0.29, 0.717) is 36.4 Å². The molecule has 0 aromatic heterocycles. The number of para-hydroxylation sites is 1. The zero-order valence-corrected chi connectivity index (χ0v) is 17.6. The van der Waals surface area contributed by atoms with Crippen molar-refractivity contribution >= 4 is 27.3 Å². The molecule has 1 N–H and O–H groups in total. The molecule has 0 unspecified atom stereocenters. The average Bonchev–Trinajstić information content (AvgIpc) is 3.12. The number of sulfonamides is 1. The molecule has 29 heavy (non-hydrogen) atoms. The second-order valence-electron chi connectivity index (χ2n) is 6.78. The van der Waals surface area contributed by atoms with Crippen LogP contribution in [0.25, 0.3) is 0 Å². The molecular formula is C21H25N3O4S. The van der Waals surface area contributed by atoms with Crippen molar-refractivity contribution in [1.82, 2.24) is 5.01 Å². The molecule has 8 heteroatoms. The van der Waals surface area contributed by atoms with Crippen molar-refractivity contribution in [3.8, 4) is 5.75 Å². The van der Waals surface area contributed by atoms with E-state index >= 15 is 0 Å². The van der Waals surface area contributed by atoms with E-state index in [1.807, 2.05) is 37.3 Å². The van der Waals surface area contributed by atoms with E-state index in [0.717, 1.165) is 17.6 Å². The second kappa shape index (κ2) is 8.65. The van der Waals surface area contributed by atoms with Crippen molar-refractivity contribution in [2.75, 3.05) is 17.6 Å². The number of hydrogen-bond donors (Lipinski definition) is 1. The fourth-order valence-electron chi connectivity index (χ4n) is 3.33. The van der Waals surface area contributed by atoms with Crippen LogP contribution >= 0.6 is 0 Å². The van der Waals surface area contributed by atoms with Crippen LogP contribution in [0.1, 0.15) is 43.9 Å². The van der Waals surface area contributed by atoms with Crippen LogP contribution in [0.3, 0.4) is 0 Å². The minimum absolute atomic E-state index is 0.0969. The van der Waals surface area contributed by atoms with Crippen molar-refractivity contribution in [3.63, 3.8) is 0 Å². The molecule has 1 aliphatic rings. The van der Waals surface area contributed by atoms with Gasteiger partial charge in [-0.05, 0) is 30.7 Å². The molecular weight excluding hydrogens is 390 g/mol. The van der Waals surface area contributed by atoms with Crippen molar-refractivity contribution in [1.29, 1.82) is 0 Å². The molecule has 3 rings (SSSR count). The molecule has 1 heterocycles. The Morgan fingerprint density at radius 2 is 1.97 bits per heavy atom. The first-order valence-electron chi connectivity index (χ1n) is 9.52. The maximum absolute atomic E-state index is 12.6. The maximum Gasteiger partial charge on any atom is 0.242 e. The summed E-state index contributed by atoms with van der Waals surface area (Å²) < 4.78 is 31.6. The quantitative estimate of drug-likeness (QED) is 0.749. The van der Waals surface area contributed by atoms with Crippen LogP contribution in [0.4, 0.5) is 5.69 Å². The highest BCUT2D eigenvalue weighted by Crippen LogP contribution is 2.36. The predicted molar refractivity (Wildman–Crippen MR) is 114 cm³/mol. The summed E-state index contributed by atoms with van der Waals surface area (Å²) in [5, 5.41) is 6.08. The molecule has 1 aliphatic heterocycles. The minimum Gasteiger partial charge on any atom is -0.494 e. The molecule has 0 radical (unpaired) electrons. The molecule has 0 bridgehead atoms. The number of amides is 1. The van der Waals surface area contributed by atoms with Crippen molar-refractivity contribution < 1.29 is 17.9 Å². The molecule has 154 valence electrons.